The second-order valence-electron chi connectivity index (χ2n) is 4.34. The summed E-state index contributed by atoms with van der Waals surface area (Å²) in [5.74, 6) is -0.349. The zero-order valence-corrected chi connectivity index (χ0v) is 12.2. The van der Waals surface area contributed by atoms with Crippen molar-refractivity contribution >= 4 is 23.6 Å². The van der Waals surface area contributed by atoms with E-state index in [0.29, 0.717) is 17.9 Å². The highest BCUT2D eigenvalue weighted by atomic mass is 32.2. The van der Waals surface area contributed by atoms with Crippen LogP contribution in [0.2, 0.25) is 0 Å². The van der Waals surface area contributed by atoms with E-state index in [9.17, 15) is 9.59 Å². The fourth-order valence-corrected chi connectivity index (χ4v) is 2.36. The Bertz CT molecular complexity index is 594. The summed E-state index contributed by atoms with van der Waals surface area (Å²) in [7, 11) is 0. The number of hydrogen-bond acceptors (Lipinski definition) is 3. The molecule has 0 atom stereocenters. The number of rotatable bonds is 7. The van der Waals surface area contributed by atoms with E-state index < -0.39 is 5.97 Å². The molecule has 2 rings (SSSR count). The molecule has 110 valence electrons. The van der Waals surface area contributed by atoms with E-state index in [1.54, 1.807) is 12.1 Å². The second-order valence-corrected chi connectivity index (χ2v) is 5.44. The summed E-state index contributed by atoms with van der Waals surface area (Å²) in [6, 6.07) is 11.2. The van der Waals surface area contributed by atoms with Gasteiger partial charge in [0.2, 0.25) is 0 Å². The van der Waals surface area contributed by atoms with Crippen LogP contribution in [0.15, 0.2) is 48.8 Å². The lowest BCUT2D eigenvalue weighted by atomic mass is 10.2. The minimum atomic E-state index is -0.841. The maximum atomic E-state index is 11.9. The molecule has 0 aliphatic heterocycles. The first-order chi connectivity index (χ1) is 10.2. The molecule has 21 heavy (non-hydrogen) atoms. The van der Waals surface area contributed by atoms with E-state index in [0.717, 1.165) is 5.69 Å². The van der Waals surface area contributed by atoms with Gasteiger partial charge in [0.05, 0.1) is 5.75 Å². The smallest absolute Gasteiger partial charge is 0.313 e. The lowest BCUT2D eigenvalue weighted by Crippen LogP contribution is -2.26. The molecule has 1 heterocycles. The van der Waals surface area contributed by atoms with Crippen LogP contribution in [0.5, 0.6) is 0 Å². The van der Waals surface area contributed by atoms with E-state index in [2.05, 4.69) is 5.32 Å². The Morgan fingerprint density at radius 2 is 1.81 bits per heavy atom. The highest BCUT2D eigenvalue weighted by Gasteiger charge is 2.05. The molecule has 0 unspecified atom stereocenters. The number of carbonyl (C=O) groups is 2. The maximum absolute atomic E-state index is 11.9. The number of hydrogen-bond donors (Lipinski definition) is 2. The van der Waals surface area contributed by atoms with Gasteiger partial charge >= 0.3 is 5.97 Å². The van der Waals surface area contributed by atoms with Gasteiger partial charge in [0.25, 0.3) is 5.91 Å². The average Bonchev–Trinajstić information content (AvgIpc) is 3.01. The molecule has 1 aromatic heterocycles. The number of nitrogens with one attached hydrogen (secondary N) is 1. The molecule has 0 fully saturated rings. The summed E-state index contributed by atoms with van der Waals surface area (Å²) in [5.41, 5.74) is 1.59. The zero-order chi connectivity index (χ0) is 15.1. The number of aromatic nitrogens is 1. The number of carboxylic acids is 1. The van der Waals surface area contributed by atoms with Crippen LogP contribution in [0.3, 0.4) is 0 Å². The monoisotopic (exact) mass is 304 g/mol. The van der Waals surface area contributed by atoms with Crippen LogP contribution < -0.4 is 5.32 Å². The molecule has 1 amide bonds. The first-order valence-electron chi connectivity index (χ1n) is 6.48. The predicted octanol–water partition coefficient (Wildman–Crippen LogP) is 2.02. The molecule has 1 aromatic carbocycles. The fraction of sp³-hybridized carbons (Fsp3) is 0.200. The van der Waals surface area contributed by atoms with Crippen LogP contribution in [-0.4, -0.2) is 39.6 Å². The number of carbonyl (C=O) groups excluding carboxylic acids is 1. The van der Waals surface area contributed by atoms with Crippen molar-refractivity contribution in [2.45, 2.75) is 0 Å². The van der Waals surface area contributed by atoms with Gasteiger partial charge in [-0.1, -0.05) is 0 Å². The van der Waals surface area contributed by atoms with Crippen LogP contribution in [-0.2, 0) is 4.79 Å². The topological polar surface area (TPSA) is 71.3 Å². The normalized spacial score (nSPS) is 10.3. The van der Waals surface area contributed by atoms with Crippen LogP contribution in [0.25, 0.3) is 5.69 Å². The summed E-state index contributed by atoms with van der Waals surface area (Å²) >= 11 is 1.28. The van der Waals surface area contributed by atoms with Gasteiger partial charge in [-0.05, 0) is 36.4 Å². The molecule has 2 N–H and O–H groups in total. The Kier molecular flexibility index (Phi) is 5.45. The third-order valence-corrected chi connectivity index (χ3v) is 3.73. The lowest BCUT2D eigenvalue weighted by Gasteiger charge is -2.06. The first kappa shape index (κ1) is 15.2. The van der Waals surface area contributed by atoms with Gasteiger partial charge in [-0.2, -0.15) is 0 Å². The molecule has 0 aliphatic carbocycles. The lowest BCUT2D eigenvalue weighted by molar-refractivity contribution is -0.133. The number of benzene rings is 1. The van der Waals surface area contributed by atoms with Gasteiger partial charge in [-0.25, -0.2) is 0 Å². The average molecular weight is 304 g/mol. The Morgan fingerprint density at radius 1 is 1.14 bits per heavy atom. The van der Waals surface area contributed by atoms with E-state index in [1.165, 1.54) is 11.8 Å². The van der Waals surface area contributed by atoms with Crippen molar-refractivity contribution in [1.29, 1.82) is 0 Å². The fourth-order valence-electron chi connectivity index (χ4n) is 1.79. The predicted molar refractivity (Wildman–Crippen MR) is 83.1 cm³/mol. The Balaban J connectivity index is 1.81. The van der Waals surface area contributed by atoms with Crippen LogP contribution in [0.4, 0.5) is 0 Å². The summed E-state index contributed by atoms with van der Waals surface area (Å²) in [5, 5.41) is 11.3. The Labute approximate surface area is 127 Å². The van der Waals surface area contributed by atoms with E-state index in [4.69, 9.17) is 5.11 Å². The van der Waals surface area contributed by atoms with E-state index in [-0.39, 0.29) is 11.7 Å². The third-order valence-electron chi connectivity index (χ3n) is 2.79. The molecule has 0 saturated carbocycles. The second kappa shape index (κ2) is 7.54. The molecule has 0 saturated heterocycles. The molecule has 2 aromatic rings. The third kappa shape index (κ3) is 4.68. The van der Waals surface area contributed by atoms with Gasteiger partial charge in [0.1, 0.15) is 0 Å². The summed E-state index contributed by atoms with van der Waals surface area (Å²) in [6.07, 6.45) is 3.88. The zero-order valence-electron chi connectivity index (χ0n) is 11.4. The van der Waals surface area contributed by atoms with Crippen molar-refractivity contribution in [3.63, 3.8) is 0 Å². The molecular formula is C15H16N2O3S. The minimum Gasteiger partial charge on any atom is -0.481 e. The summed E-state index contributed by atoms with van der Waals surface area (Å²) in [6.45, 7) is 0.454. The highest BCUT2D eigenvalue weighted by Crippen LogP contribution is 2.10. The first-order valence-corrected chi connectivity index (χ1v) is 7.63. The molecule has 0 spiro atoms. The molecule has 0 radical (unpaired) electrons. The van der Waals surface area contributed by atoms with Crippen molar-refractivity contribution < 1.29 is 14.7 Å². The van der Waals surface area contributed by atoms with Crippen LogP contribution >= 0.6 is 11.8 Å². The number of nitrogens with zero attached hydrogens (tertiary/aromatic N) is 1. The van der Waals surface area contributed by atoms with Gasteiger partial charge in [0, 0.05) is 35.9 Å². The van der Waals surface area contributed by atoms with Crippen LogP contribution in [0.1, 0.15) is 10.4 Å². The summed E-state index contributed by atoms with van der Waals surface area (Å²) < 4.78 is 1.96. The van der Waals surface area contributed by atoms with Gasteiger partial charge < -0.3 is 15.0 Å². The minimum absolute atomic E-state index is 0.0570. The molecular weight excluding hydrogens is 288 g/mol. The molecule has 0 bridgehead atoms. The van der Waals surface area contributed by atoms with Crippen LogP contribution in [0, 0.1) is 0 Å². The van der Waals surface area contributed by atoms with Gasteiger partial charge in [-0.3, -0.25) is 9.59 Å². The number of amides is 1. The molecule has 0 aliphatic rings. The van der Waals surface area contributed by atoms with Crippen molar-refractivity contribution in [1.82, 2.24) is 9.88 Å². The maximum Gasteiger partial charge on any atom is 0.313 e. The van der Waals surface area contributed by atoms with Crippen molar-refractivity contribution in [3.8, 4) is 5.69 Å². The largest absolute Gasteiger partial charge is 0.481 e. The summed E-state index contributed by atoms with van der Waals surface area (Å²) in [4.78, 5) is 22.2. The van der Waals surface area contributed by atoms with Gasteiger partial charge in [0.15, 0.2) is 0 Å². The van der Waals surface area contributed by atoms with Crippen molar-refractivity contribution in [2.75, 3.05) is 18.1 Å². The van der Waals surface area contributed by atoms with E-state index in [1.807, 2.05) is 41.2 Å². The van der Waals surface area contributed by atoms with E-state index >= 15 is 0 Å². The number of carboxylic acid groups (broad SMARTS) is 1. The Morgan fingerprint density at radius 3 is 2.43 bits per heavy atom. The van der Waals surface area contributed by atoms with Gasteiger partial charge in [-0.15, -0.1) is 11.8 Å². The standard InChI is InChI=1S/C15H16N2O3S/c18-14(19)11-21-10-7-16-15(20)12-3-5-13(6-4-12)17-8-1-2-9-17/h1-6,8-9H,7,10-11H2,(H,16,20)(H,18,19). The van der Waals surface area contributed by atoms with Crippen molar-refractivity contribution in [3.05, 3.63) is 54.4 Å². The number of thioether (sulfide) groups is 1. The molecule has 5 nitrogen and oxygen atoms in total. The Hall–Kier alpha value is -2.21. The van der Waals surface area contributed by atoms with Crippen molar-refractivity contribution in [2.24, 2.45) is 0 Å². The number of aliphatic carboxylic acids is 1. The SMILES string of the molecule is O=C(O)CSCCNC(=O)c1ccc(-n2cccc2)cc1. The molecule has 6 heteroatoms. The highest BCUT2D eigenvalue weighted by molar-refractivity contribution is 7.99. The quantitative estimate of drug-likeness (QED) is 0.768.